The smallest absolute Gasteiger partial charge is 0.125 e. The number of hydrogen-bond donors (Lipinski definition) is 1. The van der Waals surface area contributed by atoms with Gasteiger partial charge in [0.1, 0.15) is 22.0 Å². The first-order valence-electron chi connectivity index (χ1n) is 12.9. The molecule has 0 amide bonds. The van der Waals surface area contributed by atoms with Crippen LogP contribution in [0.25, 0.3) is 0 Å². The average Bonchev–Trinajstić information content (AvgIpc) is 2.87. The van der Waals surface area contributed by atoms with Crippen molar-refractivity contribution in [3.63, 3.8) is 0 Å². The third-order valence-electron chi connectivity index (χ3n) is 6.32. The van der Waals surface area contributed by atoms with Crippen LogP contribution in [0.2, 0.25) is 0 Å². The number of aryl methyl sites for hydroxylation is 1. The molecule has 202 valence electrons. The number of nitrogens with zero attached hydrogens (tertiary/aromatic N) is 1. The first-order valence-corrected chi connectivity index (χ1v) is 14.3. The molecule has 37 heavy (non-hydrogen) atoms. The predicted molar refractivity (Wildman–Crippen MR) is 148 cm³/mol. The van der Waals surface area contributed by atoms with Crippen LogP contribution in [0.1, 0.15) is 55.9 Å². The molecule has 0 saturated carbocycles. The van der Waals surface area contributed by atoms with Crippen LogP contribution in [0.3, 0.4) is 0 Å². The lowest BCUT2D eigenvalue weighted by Gasteiger charge is -2.34. The fourth-order valence-electron chi connectivity index (χ4n) is 4.53. The van der Waals surface area contributed by atoms with Crippen molar-refractivity contribution in [1.29, 1.82) is 0 Å². The van der Waals surface area contributed by atoms with Crippen LogP contribution >= 0.6 is 0 Å². The van der Waals surface area contributed by atoms with E-state index in [2.05, 4.69) is 20.9 Å². The normalized spacial score (nSPS) is 12.4. The Bertz CT molecular complexity index is 1180. The molecule has 0 saturated heterocycles. The summed E-state index contributed by atoms with van der Waals surface area (Å²) in [5.74, 6) is 0.782. The molecule has 0 heterocycles. The highest BCUT2D eigenvalue weighted by atomic mass is 32.2. The van der Waals surface area contributed by atoms with Gasteiger partial charge in [-0.05, 0) is 43.0 Å². The van der Waals surface area contributed by atoms with E-state index in [0.29, 0.717) is 12.2 Å². The van der Waals surface area contributed by atoms with E-state index in [1.807, 2.05) is 54.6 Å². The number of aliphatic hydroxyl groups excluding tert-OH is 1. The van der Waals surface area contributed by atoms with Crippen molar-refractivity contribution in [3.05, 3.63) is 95.6 Å². The highest BCUT2D eigenvalue weighted by Crippen LogP contribution is 2.30. The zero-order chi connectivity index (χ0) is 27.3. The second-order valence-electron chi connectivity index (χ2n) is 9.56. The molecule has 0 bridgehead atoms. The first kappa shape index (κ1) is 30.5. The third-order valence-corrected chi connectivity index (χ3v) is 7.32. The minimum atomic E-state index is -4.28. The Labute approximate surface area is 222 Å². The van der Waals surface area contributed by atoms with Crippen LogP contribution < -0.4 is 4.74 Å². The number of benzene rings is 3. The highest BCUT2D eigenvalue weighted by molar-refractivity contribution is 7.85. The van der Waals surface area contributed by atoms with Crippen molar-refractivity contribution >= 4 is 10.1 Å². The summed E-state index contributed by atoms with van der Waals surface area (Å²) < 4.78 is 38.7. The zero-order valence-corrected chi connectivity index (χ0v) is 23.3. The highest BCUT2D eigenvalue weighted by Gasteiger charge is 2.19. The Kier molecular flexibility index (Phi) is 12.3. The summed E-state index contributed by atoms with van der Waals surface area (Å²) in [5, 5.41) is 10.7. The van der Waals surface area contributed by atoms with Gasteiger partial charge in [-0.3, -0.25) is 0 Å². The molecule has 0 aliphatic rings. The molecule has 1 N–H and O–H groups in total. The van der Waals surface area contributed by atoms with Crippen LogP contribution in [0, 0.1) is 6.92 Å². The van der Waals surface area contributed by atoms with Gasteiger partial charge in [0, 0.05) is 12.0 Å². The van der Waals surface area contributed by atoms with Crippen molar-refractivity contribution in [2.75, 3.05) is 33.3 Å². The van der Waals surface area contributed by atoms with E-state index in [1.54, 1.807) is 19.1 Å². The van der Waals surface area contributed by atoms with Crippen LogP contribution in [-0.2, 0) is 10.1 Å². The molecule has 0 aliphatic carbocycles. The van der Waals surface area contributed by atoms with Crippen LogP contribution in [0.5, 0.6) is 5.75 Å². The maximum Gasteiger partial charge on any atom is 0.125 e. The quantitative estimate of drug-likeness (QED) is 0.185. The Morgan fingerprint density at radius 3 is 2.00 bits per heavy atom. The van der Waals surface area contributed by atoms with Gasteiger partial charge in [-0.1, -0.05) is 80.6 Å². The van der Waals surface area contributed by atoms with Crippen molar-refractivity contribution in [1.82, 2.24) is 0 Å². The van der Waals surface area contributed by atoms with Gasteiger partial charge in [-0.15, -0.1) is 0 Å². The Balaban J connectivity index is 0.000000364. The molecule has 0 aromatic heterocycles. The SMILES string of the molecule is CCC[N+](C)(CCC)CCCOc1ccccc1C(O)c1ccccc1.Cc1ccccc1S(=O)(=O)[O-]. The summed E-state index contributed by atoms with van der Waals surface area (Å²) in [5.41, 5.74) is 2.21. The summed E-state index contributed by atoms with van der Waals surface area (Å²) in [7, 11) is -1.94. The molecule has 3 rings (SSSR count). The summed E-state index contributed by atoms with van der Waals surface area (Å²) in [6, 6.07) is 23.7. The summed E-state index contributed by atoms with van der Waals surface area (Å²) in [4.78, 5) is -0.139. The van der Waals surface area contributed by atoms with Gasteiger partial charge in [-0.25, -0.2) is 8.42 Å². The van der Waals surface area contributed by atoms with Gasteiger partial charge < -0.3 is 18.9 Å². The van der Waals surface area contributed by atoms with Gasteiger partial charge in [0.2, 0.25) is 0 Å². The second-order valence-corrected chi connectivity index (χ2v) is 10.9. The molecule has 3 aromatic rings. The van der Waals surface area contributed by atoms with E-state index in [1.165, 1.54) is 38.1 Å². The molecule has 0 fully saturated rings. The predicted octanol–water partition coefficient (Wildman–Crippen LogP) is 5.70. The van der Waals surface area contributed by atoms with Crippen LogP contribution in [-0.4, -0.2) is 55.8 Å². The molecule has 7 heteroatoms. The van der Waals surface area contributed by atoms with Crippen LogP contribution in [0.4, 0.5) is 0 Å². The van der Waals surface area contributed by atoms with Gasteiger partial charge in [-0.2, -0.15) is 0 Å². The van der Waals surface area contributed by atoms with E-state index in [-0.39, 0.29) is 4.90 Å². The number of aliphatic hydroxyl groups is 1. The zero-order valence-electron chi connectivity index (χ0n) is 22.5. The Morgan fingerprint density at radius 1 is 0.865 bits per heavy atom. The molecule has 0 radical (unpaired) electrons. The van der Waals surface area contributed by atoms with E-state index in [4.69, 9.17) is 4.74 Å². The van der Waals surface area contributed by atoms with Crippen molar-refractivity contribution in [2.45, 2.75) is 51.0 Å². The molecule has 0 spiro atoms. The Morgan fingerprint density at radius 2 is 1.43 bits per heavy atom. The van der Waals surface area contributed by atoms with E-state index in [0.717, 1.165) is 34.3 Å². The number of rotatable bonds is 12. The van der Waals surface area contributed by atoms with Crippen molar-refractivity contribution < 1.29 is 27.3 Å². The molecule has 6 nitrogen and oxygen atoms in total. The lowest BCUT2D eigenvalue weighted by Crippen LogP contribution is -2.46. The van der Waals surface area contributed by atoms with Gasteiger partial charge in [0.25, 0.3) is 0 Å². The summed E-state index contributed by atoms with van der Waals surface area (Å²) >= 11 is 0. The largest absolute Gasteiger partial charge is 0.744 e. The number of hydrogen-bond acceptors (Lipinski definition) is 5. The lowest BCUT2D eigenvalue weighted by atomic mass is 10.0. The molecular weight excluding hydrogens is 486 g/mol. The lowest BCUT2D eigenvalue weighted by molar-refractivity contribution is -0.909. The fourth-order valence-corrected chi connectivity index (χ4v) is 5.24. The van der Waals surface area contributed by atoms with Gasteiger partial charge >= 0.3 is 0 Å². The average molecular weight is 528 g/mol. The minimum Gasteiger partial charge on any atom is -0.744 e. The van der Waals surface area contributed by atoms with E-state index >= 15 is 0 Å². The fraction of sp³-hybridized carbons (Fsp3) is 0.400. The third kappa shape index (κ3) is 9.93. The molecule has 3 aromatic carbocycles. The van der Waals surface area contributed by atoms with Gasteiger partial charge in [0.15, 0.2) is 0 Å². The topological polar surface area (TPSA) is 86.7 Å². The second kappa shape index (κ2) is 14.9. The standard InChI is InChI=1S/C23H34NO2.C7H8O3S/c1-4-16-24(3,17-5-2)18-11-19-26-22-15-10-9-14-21(22)23(25)20-12-7-6-8-13-20;1-6-4-2-3-5-7(6)11(8,9)10/h6-10,12-15,23,25H,4-5,11,16-19H2,1-3H3;2-5H,1H3,(H,8,9,10)/q+1;/p-1. The van der Waals surface area contributed by atoms with E-state index in [9.17, 15) is 18.1 Å². The maximum absolute atomic E-state index is 10.7. The minimum absolute atomic E-state index is 0.139. The molecule has 0 aliphatic heterocycles. The molecular formula is C30H41NO5S. The number of para-hydroxylation sites is 1. The van der Waals surface area contributed by atoms with E-state index < -0.39 is 16.2 Å². The number of quaternary nitrogens is 1. The molecule has 1 unspecified atom stereocenters. The Hall–Kier alpha value is -2.71. The maximum atomic E-state index is 10.7. The first-order chi connectivity index (χ1) is 17.6. The summed E-state index contributed by atoms with van der Waals surface area (Å²) in [6.07, 6.45) is 2.78. The monoisotopic (exact) mass is 527 g/mol. The van der Waals surface area contributed by atoms with Crippen LogP contribution in [0.15, 0.2) is 83.8 Å². The van der Waals surface area contributed by atoms with Gasteiger partial charge in [0.05, 0.1) is 38.2 Å². The summed E-state index contributed by atoms with van der Waals surface area (Å²) in [6.45, 7) is 10.3. The van der Waals surface area contributed by atoms with Crippen molar-refractivity contribution in [2.24, 2.45) is 0 Å². The molecule has 1 atom stereocenters. The number of ether oxygens (including phenoxy) is 1. The van der Waals surface area contributed by atoms with Crippen molar-refractivity contribution in [3.8, 4) is 5.75 Å².